The Balaban J connectivity index is 0.00000135. The first-order chi connectivity index (χ1) is 19.4. The van der Waals surface area contributed by atoms with Gasteiger partial charge in [0.1, 0.15) is 0 Å². The summed E-state index contributed by atoms with van der Waals surface area (Å²) >= 11 is 0. The van der Waals surface area contributed by atoms with Crippen molar-refractivity contribution >= 4 is 32.3 Å². The average molecular weight is 547 g/mol. The van der Waals surface area contributed by atoms with Crippen LogP contribution in [0.5, 0.6) is 0 Å². The summed E-state index contributed by atoms with van der Waals surface area (Å²) in [6.45, 7) is 14.9. The van der Waals surface area contributed by atoms with Crippen LogP contribution in [0.3, 0.4) is 0 Å². The number of benzene rings is 6. The van der Waals surface area contributed by atoms with E-state index in [1.54, 1.807) is 6.07 Å². The lowest BCUT2D eigenvalue weighted by Crippen LogP contribution is -2.25. The molecule has 6 aromatic carbocycles. The van der Waals surface area contributed by atoms with E-state index in [0.29, 0.717) is 0 Å². The van der Waals surface area contributed by atoms with Crippen molar-refractivity contribution in [2.75, 3.05) is 0 Å². The van der Waals surface area contributed by atoms with Gasteiger partial charge in [-0.05, 0) is 108 Å². The highest BCUT2D eigenvalue weighted by Gasteiger charge is 2.40. The Morgan fingerprint density at radius 2 is 0.951 bits per heavy atom. The third kappa shape index (κ3) is 3.24. The molecule has 6 aromatic rings. The normalized spacial score (nSPS) is 16.0. The van der Waals surface area contributed by atoms with Crippen LogP contribution in [0.25, 0.3) is 54.6 Å². The standard InChI is InChI=1S/C36H27F3.C2H6/c1-18-6-10-22-24-15-19-8-13-27-33-25(23-11-9-21(36(37,38)39)17-29(23)35(27,4)5)16-20-7-12-26(32(24)30(20)31(19)33)34(2,3)28(22)14-18;1-2/h6-17H,1-5H3;1-2H3. The predicted octanol–water partition coefficient (Wildman–Crippen LogP) is 11.6. The van der Waals surface area contributed by atoms with E-state index in [2.05, 4.69) is 89.2 Å². The molecule has 8 rings (SSSR count). The summed E-state index contributed by atoms with van der Waals surface area (Å²) in [6.07, 6.45) is -4.38. The lowest BCUT2D eigenvalue weighted by atomic mass is 9.64. The van der Waals surface area contributed by atoms with E-state index in [1.165, 1.54) is 66.9 Å². The van der Waals surface area contributed by atoms with Crippen molar-refractivity contribution < 1.29 is 13.2 Å². The van der Waals surface area contributed by atoms with Crippen LogP contribution in [0.1, 0.15) is 74.9 Å². The maximum Gasteiger partial charge on any atom is 0.416 e. The molecule has 0 amide bonds. The number of fused-ring (bicyclic) bond motifs is 4. The quantitative estimate of drug-likeness (QED) is 0.166. The summed E-state index contributed by atoms with van der Waals surface area (Å²) in [5.74, 6) is 0. The van der Waals surface area contributed by atoms with E-state index in [4.69, 9.17) is 0 Å². The molecule has 0 aromatic heterocycles. The van der Waals surface area contributed by atoms with E-state index in [9.17, 15) is 13.2 Å². The smallest absolute Gasteiger partial charge is 0.166 e. The maximum absolute atomic E-state index is 13.7. The third-order valence-electron chi connectivity index (χ3n) is 9.66. The van der Waals surface area contributed by atoms with Crippen molar-refractivity contribution in [3.05, 3.63) is 106 Å². The highest BCUT2D eigenvalue weighted by atomic mass is 19.4. The molecule has 0 heterocycles. The van der Waals surface area contributed by atoms with Crippen molar-refractivity contribution in [2.24, 2.45) is 0 Å². The van der Waals surface area contributed by atoms with E-state index < -0.39 is 17.2 Å². The second-order valence-electron chi connectivity index (χ2n) is 12.6. The molecule has 0 radical (unpaired) electrons. The molecule has 2 aliphatic carbocycles. The first-order valence-corrected chi connectivity index (χ1v) is 14.5. The third-order valence-corrected chi connectivity index (χ3v) is 9.66. The van der Waals surface area contributed by atoms with Gasteiger partial charge in [-0.25, -0.2) is 0 Å². The van der Waals surface area contributed by atoms with E-state index in [-0.39, 0.29) is 5.41 Å². The summed E-state index contributed by atoms with van der Waals surface area (Å²) < 4.78 is 41.2. The number of hydrogen-bond acceptors (Lipinski definition) is 0. The van der Waals surface area contributed by atoms with Crippen LogP contribution >= 0.6 is 0 Å². The lowest BCUT2D eigenvalue weighted by molar-refractivity contribution is -0.137. The molecule has 206 valence electrons. The van der Waals surface area contributed by atoms with Crippen LogP contribution in [0, 0.1) is 6.92 Å². The molecule has 0 bridgehead atoms. The Morgan fingerprint density at radius 1 is 0.488 bits per heavy atom. The molecule has 2 aliphatic rings. The SMILES string of the molecule is CC.Cc1ccc2c(c1)C(C)(C)c1ccc3cc4c5c(ccc6cc-2c1c3c65)C(C)(C)c1cc(C(F)(F)F)ccc1-4. The zero-order valence-electron chi connectivity index (χ0n) is 24.6. The zero-order valence-corrected chi connectivity index (χ0v) is 24.6. The predicted molar refractivity (Wildman–Crippen MR) is 166 cm³/mol. The second-order valence-corrected chi connectivity index (χ2v) is 12.6. The minimum atomic E-state index is -4.38. The lowest BCUT2D eigenvalue weighted by Gasteiger charge is -2.38. The zero-order chi connectivity index (χ0) is 29.2. The van der Waals surface area contributed by atoms with Crippen molar-refractivity contribution in [3.8, 4) is 22.3 Å². The molecular formula is C38H33F3. The van der Waals surface area contributed by atoms with Gasteiger partial charge >= 0.3 is 6.18 Å². The molecule has 3 heteroatoms. The molecule has 0 fully saturated rings. The number of halogens is 3. The summed E-state index contributed by atoms with van der Waals surface area (Å²) in [5.41, 5.74) is 8.93. The van der Waals surface area contributed by atoms with Gasteiger partial charge in [0.15, 0.2) is 0 Å². The van der Waals surface area contributed by atoms with Gasteiger partial charge in [-0.15, -0.1) is 0 Å². The fourth-order valence-corrected chi connectivity index (χ4v) is 7.67. The van der Waals surface area contributed by atoms with Crippen LogP contribution in [0.15, 0.2) is 72.8 Å². The molecule has 0 N–H and O–H groups in total. The monoisotopic (exact) mass is 546 g/mol. The molecule has 0 atom stereocenters. The van der Waals surface area contributed by atoms with Crippen molar-refractivity contribution in [1.29, 1.82) is 0 Å². The minimum absolute atomic E-state index is 0.154. The van der Waals surface area contributed by atoms with E-state index >= 15 is 0 Å². The summed E-state index contributed by atoms with van der Waals surface area (Å²) in [4.78, 5) is 0. The van der Waals surface area contributed by atoms with Gasteiger partial charge in [0.05, 0.1) is 5.56 Å². The van der Waals surface area contributed by atoms with Crippen molar-refractivity contribution in [3.63, 3.8) is 0 Å². The van der Waals surface area contributed by atoms with Gasteiger partial charge in [0, 0.05) is 10.8 Å². The van der Waals surface area contributed by atoms with Gasteiger partial charge < -0.3 is 0 Å². The van der Waals surface area contributed by atoms with Gasteiger partial charge in [0.25, 0.3) is 0 Å². The van der Waals surface area contributed by atoms with Gasteiger partial charge in [-0.3, -0.25) is 0 Å². The Labute approximate surface area is 239 Å². The fraction of sp³-hybridized carbons (Fsp3) is 0.263. The number of aryl methyl sites for hydroxylation is 1. The summed E-state index contributed by atoms with van der Waals surface area (Å²) in [7, 11) is 0. The number of rotatable bonds is 0. The van der Waals surface area contributed by atoms with Crippen molar-refractivity contribution in [2.45, 2.75) is 65.5 Å². The molecule has 0 saturated carbocycles. The summed E-state index contributed by atoms with van der Waals surface area (Å²) in [5, 5.41) is 7.29. The Bertz CT molecular complexity index is 2050. The Hall–Kier alpha value is -3.85. The van der Waals surface area contributed by atoms with Gasteiger partial charge in [0.2, 0.25) is 0 Å². The molecule has 0 nitrogen and oxygen atoms in total. The van der Waals surface area contributed by atoms with Crippen LogP contribution < -0.4 is 0 Å². The topological polar surface area (TPSA) is 0 Å². The van der Waals surface area contributed by atoms with Crippen LogP contribution in [-0.2, 0) is 17.0 Å². The maximum atomic E-state index is 13.7. The first-order valence-electron chi connectivity index (χ1n) is 14.5. The highest BCUT2D eigenvalue weighted by Crippen LogP contribution is 2.57. The molecule has 0 saturated heterocycles. The van der Waals surface area contributed by atoms with Crippen LogP contribution in [-0.4, -0.2) is 0 Å². The highest BCUT2D eigenvalue weighted by molar-refractivity contribution is 6.31. The van der Waals surface area contributed by atoms with Crippen LogP contribution in [0.2, 0.25) is 0 Å². The molecule has 0 unspecified atom stereocenters. The van der Waals surface area contributed by atoms with E-state index in [1.807, 2.05) is 13.8 Å². The number of alkyl halides is 3. The van der Waals surface area contributed by atoms with Crippen LogP contribution in [0.4, 0.5) is 13.2 Å². The molecule has 0 aliphatic heterocycles. The van der Waals surface area contributed by atoms with E-state index in [0.717, 1.165) is 27.6 Å². The average Bonchev–Trinajstić information content (AvgIpc) is 2.94. The van der Waals surface area contributed by atoms with Crippen molar-refractivity contribution in [1.82, 2.24) is 0 Å². The Kier molecular flexibility index (Phi) is 5.17. The summed E-state index contributed by atoms with van der Waals surface area (Å²) in [6, 6.07) is 24.4. The minimum Gasteiger partial charge on any atom is -0.166 e. The van der Waals surface area contributed by atoms with Gasteiger partial charge in [-0.1, -0.05) is 95.6 Å². The molecular weight excluding hydrogens is 513 g/mol. The second kappa shape index (κ2) is 8.12. The van der Waals surface area contributed by atoms with Gasteiger partial charge in [-0.2, -0.15) is 13.2 Å². The number of hydrogen-bond donors (Lipinski definition) is 0. The largest absolute Gasteiger partial charge is 0.416 e. The fourth-order valence-electron chi connectivity index (χ4n) is 7.67. The molecule has 0 spiro atoms. The first kappa shape index (κ1) is 26.1. The Morgan fingerprint density at radius 3 is 1.44 bits per heavy atom. The molecule has 41 heavy (non-hydrogen) atoms.